The van der Waals surface area contributed by atoms with Gasteiger partial charge in [0.05, 0.1) is 12.7 Å². The first-order valence-electron chi connectivity index (χ1n) is 5.55. The topological polar surface area (TPSA) is 81.4 Å². The van der Waals surface area contributed by atoms with Crippen LogP contribution < -0.4 is 11.1 Å². The maximum Gasteiger partial charge on any atom is 0.330 e. The number of rotatable bonds is 3. The third kappa shape index (κ3) is 3.00. The first-order chi connectivity index (χ1) is 8.27. The summed E-state index contributed by atoms with van der Waals surface area (Å²) in [5, 5.41) is 2.60. The van der Waals surface area contributed by atoms with Gasteiger partial charge in [0.25, 0.3) is 5.91 Å². The molecule has 5 nitrogen and oxygen atoms in total. The Kier molecular flexibility index (Phi) is 3.96. The van der Waals surface area contributed by atoms with E-state index in [0.717, 1.165) is 5.56 Å². The number of benzene rings is 1. The molecule has 0 saturated carbocycles. The summed E-state index contributed by atoms with van der Waals surface area (Å²) in [5.41, 5.74) is 6.29. The highest BCUT2D eigenvalue weighted by Crippen LogP contribution is 2.15. The van der Waals surface area contributed by atoms with Gasteiger partial charge in [-0.3, -0.25) is 4.79 Å². The number of ether oxygens (including phenoxy) is 1. The second-order valence-electron chi connectivity index (χ2n) is 4.66. The predicted octanol–water partition coefficient (Wildman–Crippen LogP) is 1.26. The van der Waals surface area contributed by atoms with Gasteiger partial charge in [0.2, 0.25) is 0 Å². The number of aryl methyl sites for hydroxylation is 1. The van der Waals surface area contributed by atoms with Gasteiger partial charge in [0, 0.05) is 5.69 Å². The number of carbonyl (C=O) groups is 2. The summed E-state index contributed by atoms with van der Waals surface area (Å²) in [7, 11) is 1.28. The molecule has 0 aliphatic heterocycles. The van der Waals surface area contributed by atoms with E-state index < -0.39 is 17.4 Å². The van der Waals surface area contributed by atoms with Crippen LogP contribution in [0.5, 0.6) is 0 Å². The summed E-state index contributed by atoms with van der Waals surface area (Å²) in [5.74, 6) is -0.909. The largest absolute Gasteiger partial charge is 0.467 e. The summed E-state index contributed by atoms with van der Waals surface area (Å²) in [4.78, 5) is 23.5. The molecule has 0 radical (unpaired) electrons. The number of hydrogen-bond donors (Lipinski definition) is 2. The van der Waals surface area contributed by atoms with Gasteiger partial charge in [-0.05, 0) is 32.9 Å². The average molecular weight is 250 g/mol. The number of amides is 1. The Balaban J connectivity index is 2.95. The third-order valence-electron chi connectivity index (χ3n) is 2.58. The van der Waals surface area contributed by atoms with Crippen molar-refractivity contribution in [3.05, 3.63) is 29.3 Å². The second-order valence-corrected chi connectivity index (χ2v) is 4.66. The number of hydrogen-bond acceptors (Lipinski definition) is 4. The van der Waals surface area contributed by atoms with Gasteiger partial charge in [0.15, 0.2) is 0 Å². The molecular formula is C13H18N2O3. The third-order valence-corrected chi connectivity index (χ3v) is 2.58. The number of nitrogens with one attached hydrogen (secondary N) is 1. The summed E-state index contributed by atoms with van der Waals surface area (Å²) in [6.45, 7) is 5.01. The average Bonchev–Trinajstić information content (AvgIpc) is 2.30. The number of nitrogen functional groups attached to an aromatic ring is 1. The standard InChI is InChI=1S/C13H18N2O3/c1-8-5-6-10(14)9(7-8)11(16)15-13(2,3)12(17)18-4/h5-7H,14H2,1-4H3,(H,15,16). The van der Waals surface area contributed by atoms with E-state index in [9.17, 15) is 9.59 Å². The molecule has 0 aromatic heterocycles. The Hall–Kier alpha value is -2.04. The fraction of sp³-hybridized carbons (Fsp3) is 0.385. The van der Waals surface area contributed by atoms with E-state index in [1.54, 1.807) is 26.0 Å². The van der Waals surface area contributed by atoms with Gasteiger partial charge < -0.3 is 15.8 Å². The van der Waals surface area contributed by atoms with Crippen molar-refractivity contribution in [3.63, 3.8) is 0 Å². The van der Waals surface area contributed by atoms with Crippen molar-refractivity contribution >= 4 is 17.6 Å². The lowest BCUT2D eigenvalue weighted by atomic mass is 10.0. The minimum absolute atomic E-state index is 0.354. The van der Waals surface area contributed by atoms with Gasteiger partial charge in [-0.25, -0.2) is 4.79 Å². The monoisotopic (exact) mass is 250 g/mol. The van der Waals surface area contributed by atoms with Crippen LogP contribution >= 0.6 is 0 Å². The van der Waals surface area contributed by atoms with Crippen molar-refractivity contribution in [3.8, 4) is 0 Å². The van der Waals surface area contributed by atoms with Crippen LogP contribution in [0.25, 0.3) is 0 Å². The van der Waals surface area contributed by atoms with E-state index in [4.69, 9.17) is 5.73 Å². The van der Waals surface area contributed by atoms with Crippen molar-refractivity contribution in [2.45, 2.75) is 26.3 Å². The van der Waals surface area contributed by atoms with Crippen molar-refractivity contribution in [2.75, 3.05) is 12.8 Å². The molecule has 5 heteroatoms. The normalized spacial score (nSPS) is 10.9. The molecule has 1 amide bonds. The molecule has 0 fully saturated rings. The molecule has 0 aliphatic rings. The summed E-state index contributed by atoms with van der Waals surface area (Å²) < 4.78 is 4.62. The molecule has 0 unspecified atom stereocenters. The van der Waals surface area contributed by atoms with Crippen LogP contribution in [0.15, 0.2) is 18.2 Å². The van der Waals surface area contributed by atoms with Gasteiger partial charge in [-0.2, -0.15) is 0 Å². The van der Waals surface area contributed by atoms with E-state index in [-0.39, 0.29) is 0 Å². The highest BCUT2D eigenvalue weighted by atomic mass is 16.5. The zero-order valence-corrected chi connectivity index (χ0v) is 11.0. The smallest absolute Gasteiger partial charge is 0.330 e. The lowest BCUT2D eigenvalue weighted by molar-refractivity contribution is -0.146. The van der Waals surface area contributed by atoms with Gasteiger partial charge in [-0.1, -0.05) is 11.6 Å². The number of esters is 1. The lowest BCUT2D eigenvalue weighted by Crippen LogP contribution is -2.50. The Labute approximate surface area is 106 Å². The van der Waals surface area contributed by atoms with Gasteiger partial charge in [-0.15, -0.1) is 0 Å². The van der Waals surface area contributed by atoms with Crippen molar-refractivity contribution in [1.82, 2.24) is 5.32 Å². The highest BCUT2D eigenvalue weighted by molar-refractivity contribution is 6.01. The van der Waals surface area contributed by atoms with Crippen molar-refractivity contribution < 1.29 is 14.3 Å². The Morgan fingerprint density at radius 2 is 1.94 bits per heavy atom. The fourth-order valence-electron chi connectivity index (χ4n) is 1.52. The molecule has 0 spiro atoms. The zero-order chi connectivity index (χ0) is 13.9. The summed E-state index contributed by atoms with van der Waals surface area (Å²) in [6, 6.07) is 5.16. The minimum atomic E-state index is -1.10. The zero-order valence-electron chi connectivity index (χ0n) is 11.0. The van der Waals surface area contributed by atoms with Crippen molar-refractivity contribution in [1.29, 1.82) is 0 Å². The predicted molar refractivity (Wildman–Crippen MR) is 69.2 cm³/mol. The van der Waals surface area contributed by atoms with Crippen LogP contribution in [-0.2, 0) is 9.53 Å². The van der Waals surface area contributed by atoms with Crippen LogP contribution in [0.2, 0.25) is 0 Å². The number of methoxy groups -OCH3 is 1. The first-order valence-corrected chi connectivity index (χ1v) is 5.55. The van der Waals surface area contributed by atoms with Crippen LogP contribution in [0, 0.1) is 6.92 Å². The molecule has 1 aromatic rings. The van der Waals surface area contributed by atoms with E-state index in [1.807, 2.05) is 13.0 Å². The van der Waals surface area contributed by atoms with E-state index in [1.165, 1.54) is 7.11 Å². The maximum atomic E-state index is 12.1. The van der Waals surface area contributed by atoms with E-state index in [2.05, 4.69) is 10.1 Å². The Morgan fingerprint density at radius 1 is 1.33 bits per heavy atom. The van der Waals surface area contributed by atoms with Gasteiger partial charge in [0.1, 0.15) is 5.54 Å². The molecule has 0 heterocycles. The van der Waals surface area contributed by atoms with Gasteiger partial charge >= 0.3 is 5.97 Å². The number of anilines is 1. The molecule has 3 N–H and O–H groups in total. The Bertz CT molecular complexity index is 481. The molecule has 0 saturated heterocycles. The molecule has 1 rings (SSSR count). The molecule has 0 atom stereocenters. The molecule has 1 aromatic carbocycles. The maximum absolute atomic E-state index is 12.1. The minimum Gasteiger partial charge on any atom is -0.467 e. The number of nitrogens with two attached hydrogens (primary N) is 1. The van der Waals surface area contributed by atoms with Crippen LogP contribution in [-0.4, -0.2) is 24.5 Å². The SMILES string of the molecule is COC(=O)C(C)(C)NC(=O)c1cc(C)ccc1N. The number of carbonyl (C=O) groups excluding carboxylic acids is 2. The molecule has 18 heavy (non-hydrogen) atoms. The summed E-state index contributed by atoms with van der Waals surface area (Å²) in [6.07, 6.45) is 0. The second kappa shape index (κ2) is 5.08. The quantitative estimate of drug-likeness (QED) is 0.625. The summed E-state index contributed by atoms with van der Waals surface area (Å²) >= 11 is 0. The molecule has 98 valence electrons. The first kappa shape index (κ1) is 14.0. The van der Waals surface area contributed by atoms with Crippen LogP contribution in [0.1, 0.15) is 29.8 Å². The highest BCUT2D eigenvalue weighted by Gasteiger charge is 2.31. The molecule has 0 bridgehead atoms. The van der Waals surface area contributed by atoms with Crippen LogP contribution in [0.3, 0.4) is 0 Å². The van der Waals surface area contributed by atoms with Crippen molar-refractivity contribution in [2.24, 2.45) is 0 Å². The Morgan fingerprint density at radius 3 is 2.50 bits per heavy atom. The van der Waals surface area contributed by atoms with E-state index >= 15 is 0 Å². The van der Waals surface area contributed by atoms with Crippen LogP contribution in [0.4, 0.5) is 5.69 Å². The molecular weight excluding hydrogens is 232 g/mol. The molecule has 0 aliphatic carbocycles. The van der Waals surface area contributed by atoms with E-state index in [0.29, 0.717) is 11.3 Å². The fourth-order valence-corrected chi connectivity index (χ4v) is 1.52. The lowest BCUT2D eigenvalue weighted by Gasteiger charge is -2.23.